The number of aryl methyl sites for hydroxylation is 3. The van der Waals surface area contributed by atoms with Gasteiger partial charge in [0.15, 0.2) is 5.78 Å². The monoisotopic (exact) mass is 1730 g/mol. The fourth-order valence-corrected chi connectivity index (χ4v) is 17.9. The van der Waals surface area contributed by atoms with Crippen LogP contribution in [0.25, 0.3) is 45.7 Å². The van der Waals surface area contributed by atoms with E-state index in [0.717, 1.165) is 36.4 Å². The number of carboxylic acids is 2. The van der Waals surface area contributed by atoms with Crippen molar-refractivity contribution in [1.29, 1.82) is 0 Å². The molecule has 12 rings (SSSR count). The number of aliphatic hydroxyl groups is 3. The van der Waals surface area contributed by atoms with E-state index in [-0.39, 0.29) is 68.3 Å². The predicted octanol–water partition coefficient (Wildman–Crippen LogP) is 9.80. The summed E-state index contributed by atoms with van der Waals surface area (Å²) in [6, 6.07) is 12.7. The maximum absolute atomic E-state index is 14.4. The summed E-state index contributed by atoms with van der Waals surface area (Å²) in [7, 11) is 4.39. The van der Waals surface area contributed by atoms with Crippen LogP contribution in [0.1, 0.15) is 165 Å². The van der Waals surface area contributed by atoms with Crippen LogP contribution in [-0.4, -0.2) is 163 Å². The minimum Gasteiger partial charge on any atom is -0.496 e. The van der Waals surface area contributed by atoms with Crippen LogP contribution in [0.4, 0.5) is 13.2 Å². The van der Waals surface area contributed by atoms with Crippen LogP contribution in [-0.2, 0) is 50.6 Å². The molecule has 0 bridgehead atoms. The van der Waals surface area contributed by atoms with Crippen LogP contribution >= 0.6 is 34.0 Å². The number of rotatable bonds is 32. The van der Waals surface area contributed by atoms with E-state index in [2.05, 4.69) is 30.6 Å². The molecule has 3 atom stereocenters. The van der Waals surface area contributed by atoms with Gasteiger partial charge in [0.05, 0.1) is 74.7 Å². The van der Waals surface area contributed by atoms with Crippen molar-refractivity contribution in [3.63, 3.8) is 0 Å². The Kier molecular flexibility index (Phi) is 30.5. The molecular formula is C82H101F3N16O17S3. The first kappa shape index (κ1) is 93.5. The number of nitrogens with two attached hydrogens (primary N) is 1. The van der Waals surface area contributed by atoms with Gasteiger partial charge in [-0.3, -0.25) is 32.9 Å². The molecule has 0 amide bonds. The Morgan fingerprint density at radius 2 is 0.694 bits per heavy atom. The van der Waals surface area contributed by atoms with Gasteiger partial charge in [0, 0.05) is 97.0 Å². The second-order valence-electron chi connectivity index (χ2n) is 31.1. The highest BCUT2D eigenvalue weighted by molar-refractivity contribution is 7.22. The number of hydrogen-bond donors (Lipinski definition) is 6. The van der Waals surface area contributed by atoms with Gasteiger partial charge in [-0.25, -0.2) is 50.8 Å². The van der Waals surface area contributed by atoms with Gasteiger partial charge in [-0.1, -0.05) is 61.7 Å². The highest BCUT2D eigenvalue weighted by atomic mass is 32.1. The Hall–Kier alpha value is -11.4. The second-order valence-corrected chi connectivity index (χ2v) is 34.0. The summed E-state index contributed by atoms with van der Waals surface area (Å²) in [5, 5.41) is 75.7. The normalized spacial score (nSPS) is 12.6. The Morgan fingerprint density at radius 1 is 0.446 bits per heavy atom. The molecule has 0 radical (unpaired) electrons. The van der Waals surface area contributed by atoms with Gasteiger partial charge in [0.2, 0.25) is 0 Å². The number of benzene rings is 3. The molecule has 0 aliphatic heterocycles. The van der Waals surface area contributed by atoms with Crippen molar-refractivity contribution in [1.82, 2.24) is 72.4 Å². The predicted molar refractivity (Wildman–Crippen MR) is 453 cm³/mol. The lowest BCUT2D eigenvalue weighted by Gasteiger charge is -2.28. The van der Waals surface area contributed by atoms with Crippen molar-refractivity contribution in [3.8, 4) is 32.3 Å². The number of thiophene rings is 3. The Balaban J connectivity index is 0.000000202. The highest BCUT2D eigenvalue weighted by Crippen LogP contribution is 2.40. The van der Waals surface area contributed by atoms with Crippen LogP contribution in [0.3, 0.4) is 0 Å². The molecule has 1 unspecified atom stereocenters. The van der Waals surface area contributed by atoms with Gasteiger partial charge in [-0.2, -0.15) is 30.6 Å². The topological polar surface area (TPSA) is 430 Å². The molecule has 121 heavy (non-hydrogen) atoms. The lowest BCUT2D eigenvalue weighted by Crippen LogP contribution is -2.53. The molecule has 7 N–H and O–H groups in total. The SMILES string of the molecule is CC(C)N.COc1ccc(F)cc1C(CCCO)Cn1c(=O)n(C(C)(C)C(=O)O)c(=O)c2c(C)c(-n3nccn3)sc21.COc1ccc(F)cc1[C@@H](CCCO)Cn1c(=O)n(C(C)(C)C(=O)CC(C)C)c(=O)c2c(C)c(-n3nccn3)sc21.COc1ccc(F)cc1[C@@H](CCCO)Cn1c(=O)n(C(C)(C)C(=O)O)c(=O)c2c(C)c(-n3nccn3)sc21. The first-order valence-corrected chi connectivity index (χ1v) is 41.2. The maximum atomic E-state index is 14.4. The van der Waals surface area contributed by atoms with Crippen molar-refractivity contribution in [2.24, 2.45) is 11.7 Å². The quantitative estimate of drug-likeness (QED) is 0.0228. The molecule has 0 spiro atoms. The fraction of sp³-hybridized carbons (Fsp3) is 0.451. The molecule has 0 saturated carbocycles. The number of nitrogens with zero attached hydrogens (tertiary/aromatic N) is 15. The van der Waals surface area contributed by atoms with E-state index < -0.39 is 97.5 Å². The van der Waals surface area contributed by atoms with Gasteiger partial charge < -0.3 is 45.5 Å². The standard InChI is InChI=1S/C29H36FN5O5S.2C25H28FN5O6S.C3H9N/c1-17(2)14-23(37)29(4,5)34-25(38)24-18(3)26(35-31-11-12-32-35)41-27(24)33(28(34)39)16-19(8-7-13-36)21-15-20(30)9-10-22(21)40-6;2*1-14-19-20(33)30(25(2,3)23(34)35)24(36)29(22(19)38-21(14)31-27-9-10-28-31)13-15(6-5-11-32)17-12-16(26)7-8-18(17)37-4;1-3(2)4/h9-12,15,17,19,36H,7-8,13-14,16H2,1-6H3;2*7-10,12,15,32H,5-6,11,13H2,1-4H3,(H,34,35);3H,4H2,1-2H3/t19-;15-;;/m00../s1. The number of aliphatic carboxylic acids is 2. The molecule has 0 saturated heterocycles. The van der Waals surface area contributed by atoms with E-state index in [1.807, 2.05) is 27.7 Å². The molecule has 12 aromatic rings. The molecule has 9 aromatic heterocycles. The van der Waals surface area contributed by atoms with E-state index in [9.17, 15) is 81.9 Å². The third kappa shape index (κ3) is 19.7. The summed E-state index contributed by atoms with van der Waals surface area (Å²) in [5.74, 6) is -4.59. The van der Waals surface area contributed by atoms with Gasteiger partial charge in [0.25, 0.3) is 16.7 Å². The van der Waals surface area contributed by atoms with Crippen molar-refractivity contribution in [3.05, 3.63) is 205 Å². The second kappa shape index (κ2) is 39.4. The molecule has 0 fully saturated rings. The minimum atomic E-state index is -1.86. The van der Waals surface area contributed by atoms with Crippen molar-refractivity contribution in [2.45, 2.75) is 195 Å². The van der Waals surface area contributed by atoms with Gasteiger partial charge in [-0.15, -0.1) is 14.4 Å². The average molecular weight is 1740 g/mol. The first-order chi connectivity index (χ1) is 57.2. The zero-order valence-electron chi connectivity index (χ0n) is 70.0. The molecule has 0 aliphatic carbocycles. The maximum Gasteiger partial charge on any atom is 0.333 e. The third-order valence-corrected chi connectivity index (χ3v) is 24.4. The van der Waals surface area contributed by atoms with Crippen molar-refractivity contribution >= 4 is 82.4 Å². The van der Waals surface area contributed by atoms with Gasteiger partial charge in [-0.05, 0) is 167 Å². The lowest BCUT2D eigenvalue weighted by molar-refractivity contribution is -0.146. The lowest BCUT2D eigenvalue weighted by atomic mass is 9.91. The number of carboxylic acid groups (broad SMARTS) is 2. The molecule has 33 nitrogen and oxygen atoms in total. The number of hydrogen-bond acceptors (Lipinski definition) is 25. The number of ketones is 1. The van der Waals surface area contributed by atoms with E-state index in [4.69, 9.17) is 19.9 Å². The molecule has 3 aromatic carbocycles. The molecule has 0 aliphatic rings. The summed E-state index contributed by atoms with van der Waals surface area (Å²) in [5.41, 5.74) is -1.29. The Morgan fingerprint density at radius 3 is 0.917 bits per heavy atom. The summed E-state index contributed by atoms with van der Waals surface area (Å²) in [6.45, 7) is 20.8. The first-order valence-electron chi connectivity index (χ1n) is 38.8. The van der Waals surface area contributed by atoms with Crippen LogP contribution in [0, 0.1) is 44.1 Å². The van der Waals surface area contributed by atoms with E-state index >= 15 is 0 Å². The van der Waals surface area contributed by atoms with E-state index in [1.165, 1.54) is 180 Å². The number of halogens is 3. The Bertz CT molecular complexity index is 5850. The number of aliphatic hydroxyl groups excluding tert-OH is 3. The van der Waals surface area contributed by atoms with Crippen molar-refractivity contribution in [2.75, 3.05) is 41.2 Å². The number of fused-ring (bicyclic) bond motifs is 3. The summed E-state index contributed by atoms with van der Waals surface area (Å²) in [4.78, 5) is 126. The number of carbonyl (C=O) groups excluding carboxylic acids is 1. The van der Waals surface area contributed by atoms with Gasteiger partial charge >= 0.3 is 29.0 Å². The molecule has 39 heteroatoms. The largest absolute Gasteiger partial charge is 0.496 e. The van der Waals surface area contributed by atoms with Crippen LogP contribution in [0.15, 0.2) is 121 Å². The fourth-order valence-electron chi connectivity index (χ4n) is 14.2. The third-order valence-electron chi connectivity index (χ3n) is 20.6. The number of carbonyl (C=O) groups is 3. The minimum absolute atomic E-state index is 0.0307. The van der Waals surface area contributed by atoms with Crippen LogP contribution in [0.5, 0.6) is 17.2 Å². The smallest absolute Gasteiger partial charge is 0.333 e. The highest BCUT2D eigenvalue weighted by Gasteiger charge is 2.40. The number of aromatic nitrogens is 15. The average Bonchev–Trinajstić information content (AvgIpc) is 1.62. The Labute approximate surface area is 703 Å². The van der Waals surface area contributed by atoms with Crippen LogP contribution < -0.4 is 53.7 Å². The summed E-state index contributed by atoms with van der Waals surface area (Å²) < 4.78 is 66.2. The van der Waals surface area contributed by atoms with E-state index in [0.29, 0.717) is 130 Å². The van der Waals surface area contributed by atoms with Crippen LogP contribution in [0.2, 0.25) is 0 Å². The van der Waals surface area contributed by atoms with Gasteiger partial charge in [0.1, 0.15) is 80.8 Å². The zero-order valence-corrected chi connectivity index (χ0v) is 72.5. The number of Topliss-reactive ketones (excluding diaryl/α,β-unsaturated/α-hetero) is 1. The summed E-state index contributed by atoms with van der Waals surface area (Å²) >= 11 is 3.44. The number of ether oxygens (including phenoxy) is 3. The zero-order chi connectivity index (χ0) is 89.2. The molecule has 9 heterocycles. The molecule has 650 valence electrons. The van der Waals surface area contributed by atoms with E-state index in [1.54, 1.807) is 34.6 Å². The van der Waals surface area contributed by atoms with Crippen molar-refractivity contribution < 1.29 is 67.3 Å². The summed E-state index contributed by atoms with van der Waals surface area (Å²) in [6.07, 6.45) is 11.4. The number of methoxy groups -OCH3 is 3. The molecular weight excluding hydrogens is 1630 g/mol.